The monoisotopic (exact) mass is 832 g/mol. The van der Waals surface area contributed by atoms with Crippen LogP contribution in [0.25, 0.3) is 131 Å². The minimum absolute atomic E-state index is 0.687. The molecule has 0 spiro atoms. The molecule has 298 valence electrons. The maximum absolute atomic E-state index is 6.58. The van der Waals surface area contributed by atoms with E-state index in [2.05, 4.69) is 212 Å². The number of nitrogens with zero attached hydrogens (tertiary/aromatic N) is 2. The number of benzene rings is 10. The molecule has 0 atom stereocenters. The zero-order valence-corrected chi connectivity index (χ0v) is 35.3. The van der Waals surface area contributed by atoms with Crippen molar-refractivity contribution in [3.05, 3.63) is 219 Å². The second-order valence-corrected chi connectivity index (χ2v) is 17.6. The van der Waals surface area contributed by atoms with Gasteiger partial charge in [0.15, 0.2) is 5.58 Å². The van der Waals surface area contributed by atoms with E-state index in [-0.39, 0.29) is 0 Å². The average molecular weight is 833 g/mol. The first-order valence-corrected chi connectivity index (χ1v) is 22.4. The van der Waals surface area contributed by atoms with Crippen molar-refractivity contribution in [2.24, 2.45) is 0 Å². The summed E-state index contributed by atoms with van der Waals surface area (Å²) in [5.74, 6) is 0. The van der Waals surface area contributed by atoms with E-state index in [1.54, 1.807) is 6.33 Å². The molecule has 0 amide bonds. The predicted molar refractivity (Wildman–Crippen MR) is 270 cm³/mol. The summed E-state index contributed by atoms with van der Waals surface area (Å²) < 4.78 is 9.20. The van der Waals surface area contributed by atoms with Gasteiger partial charge in [-0.25, -0.2) is 9.97 Å². The van der Waals surface area contributed by atoms with Crippen LogP contribution in [0.3, 0.4) is 0 Å². The third-order valence-electron chi connectivity index (χ3n) is 12.8. The molecule has 3 nitrogen and oxygen atoms in total. The summed E-state index contributed by atoms with van der Waals surface area (Å²) in [5.41, 5.74) is 15.9. The molecule has 3 heterocycles. The Kier molecular flexibility index (Phi) is 8.40. The second kappa shape index (κ2) is 14.7. The van der Waals surface area contributed by atoms with Gasteiger partial charge in [0.1, 0.15) is 23.1 Å². The molecule has 10 aromatic carbocycles. The van der Waals surface area contributed by atoms with Crippen molar-refractivity contribution in [2.45, 2.75) is 0 Å². The fourth-order valence-corrected chi connectivity index (χ4v) is 10.9. The molecular weight excluding hydrogens is 797 g/mol. The summed E-state index contributed by atoms with van der Waals surface area (Å²) in [6, 6.07) is 76.6. The van der Waals surface area contributed by atoms with Gasteiger partial charge >= 0.3 is 0 Å². The number of furan rings is 1. The third-order valence-corrected chi connectivity index (χ3v) is 14.0. The van der Waals surface area contributed by atoms with E-state index in [0.29, 0.717) is 5.58 Å². The van der Waals surface area contributed by atoms with Crippen LogP contribution in [0.1, 0.15) is 0 Å². The highest BCUT2D eigenvalue weighted by Crippen LogP contribution is 2.45. The van der Waals surface area contributed by atoms with E-state index in [1.807, 2.05) is 11.3 Å². The lowest BCUT2D eigenvalue weighted by Crippen LogP contribution is -1.88. The van der Waals surface area contributed by atoms with Gasteiger partial charge in [-0.05, 0) is 120 Å². The highest BCUT2D eigenvalue weighted by atomic mass is 32.1. The third kappa shape index (κ3) is 6.11. The number of aromatic nitrogens is 2. The molecule has 64 heavy (non-hydrogen) atoms. The first kappa shape index (κ1) is 36.5. The van der Waals surface area contributed by atoms with Crippen LogP contribution >= 0.6 is 11.3 Å². The van der Waals surface area contributed by atoms with Crippen LogP contribution in [0.15, 0.2) is 223 Å². The molecule has 0 saturated carbocycles. The van der Waals surface area contributed by atoms with Crippen molar-refractivity contribution in [2.75, 3.05) is 0 Å². The van der Waals surface area contributed by atoms with E-state index < -0.39 is 0 Å². The summed E-state index contributed by atoms with van der Waals surface area (Å²) in [5, 5.41) is 8.47. The molecule has 3 aromatic heterocycles. The maximum Gasteiger partial charge on any atom is 0.180 e. The van der Waals surface area contributed by atoms with Gasteiger partial charge in [0.2, 0.25) is 0 Å². The zero-order chi connectivity index (χ0) is 42.1. The molecule has 0 bridgehead atoms. The van der Waals surface area contributed by atoms with E-state index >= 15 is 0 Å². The van der Waals surface area contributed by atoms with Crippen LogP contribution in [0.2, 0.25) is 0 Å². The largest absolute Gasteiger partial charge is 0.452 e. The van der Waals surface area contributed by atoms with Crippen LogP contribution in [0.4, 0.5) is 0 Å². The van der Waals surface area contributed by atoms with Crippen LogP contribution in [-0.4, -0.2) is 9.97 Å². The molecule has 0 aliphatic rings. The summed E-state index contributed by atoms with van der Waals surface area (Å²) in [6.07, 6.45) is 1.66. The summed E-state index contributed by atoms with van der Waals surface area (Å²) in [4.78, 5) is 9.59. The molecule has 0 unspecified atom stereocenters. The normalized spacial score (nSPS) is 11.8. The predicted octanol–water partition coefficient (Wildman–Crippen LogP) is 17.1. The molecular formula is C60H36N2OS. The Balaban J connectivity index is 0.830. The highest BCUT2D eigenvalue weighted by molar-refractivity contribution is 7.26. The molecule has 4 heteroatoms. The van der Waals surface area contributed by atoms with E-state index in [9.17, 15) is 0 Å². The lowest BCUT2D eigenvalue weighted by atomic mass is 9.96. The van der Waals surface area contributed by atoms with Crippen molar-refractivity contribution in [3.8, 4) is 66.9 Å². The van der Waals surface area contributed by atoms with Crippen LogP contribution in [0.5, 0.6) is 0 Å². The molecule has 0 aliphatic carbocycles. The molecule has 0 N–H and O–H groups in total. The van der Waals surface area contributed by atoms with Gasteiger partial charge in [-0.1, -0.05) is 170 Å². The number of rotatable bonds is 6. The number of thiophene rings is 1. The first-order valence-electron chi connectivity index (χ1n) is 21.6. The van der Waals surface area contributed by atoms with Gasteiger partial charge < -0.3 is 4.42 Å². The SMILES string of the molecule is c1ccc(-c2cccc3c2sc2c(-c4cccc(-c5cccc(-c6ncnc7c6oc6ccc(-c8ccc9cc(-c%10ccc%11ccccc%11c%10)ccc9c8)cc67)c5)c4)cccc23)cc1. The summed E-state index contributed by atoms with van der Waals surface area (Å²) in [7, 11) is 0. The van der Waals surface area contributed by atoms with Crippen molar-refractivity contribution in [3.63, 3.8) is 0 Å². The van der Waals surface area contributed by atoms with Gasteiger partial charge in [-0.2, -0.15) is 0 Å². The fraction of sp³-hybridized carbons (Fsp3) is 0. The van der Waals surface area contributed by atoms with E-state index in [4.69, 9.17) is 14.4 Å². The Morgan fingerprint density at radius 1 is 0.328 bits per heavy atom. The molecule has 0 saturated heterocycles. The van der Waals surface area contributed by atoms with Crippen molar-refractivity contribution >= 4 is 75.1 Å². The fourth-order valence-electron chi connectivity index (χ4n) is 9.54. The second-order valence-electron chi connectivity index (χ2n) is 16.5. The Bertz CT molecular complexity index is 3970. The first-order chi connectivity index (χ1) is 31.7. The molecule has 0 radical (unpaired) electrons. The smallest absolute Gasteiger partial charge is 0.180 e. The molecule has 13 aromatic rings. The van der Waals surface area contributed by atoms with Crippen molar-refractivity contribution in [1.82, 2.24) is 9.97 Å². The van der Waals surface area contributed by atoms with E-state index in [0.717, 1.165) is 50.0 Å². The summed E-state index contributed by atoms with van der Waals surface area (Å²) >= 11 is 1.88. The zero-order valence-electron chi connectivity index (χ0n) is 34.5. The standard InChI is InChI=1S/C60H36N2OS/c1-2-11-38(12-3-1)50-18-8-20-52-53-21-9-19-51(60(53)64-59(50)52)48-16-6-14-40(33-48)41-15-7-17-49(34-41)56-58-57(62-36-61-56)54-35-47(28-29-55(54)63-58)46-27-26-44-31-43(24-25-45(44)32-46)42-23-22-37-10-4-5-13-39(37)30-42/h1-36H. The lowest BCUT2D eigenvalue weighted by molar-refractivity contribution is 0.667. The quantitative estimate of drug-likeness (QED) is 0.168. The number of hydrogen-bond donors (Lipinski definition) is 0. The minimum Gasteiger partial charge on any atom is -0.452 e. The van der Waals surface area contributed by atoms with Gasteiger partial charge in [0.25, 0.3) is 0 Å². The molecule has 0 aliphatic heterocycles. The molecule has 13 rings (SSSR count). The molecule has 0 fully saturated rings. The Hall–Kier alpha value is -8.18. The summed E-state index contributed by atoms with van der Waals surface area (Å²) in [6.45, 7) is 0. The Morgan fingerprint density at radius 2 is 0.828 bits per heavy atom. The van der Waals surface area contributed by atoms with Crippen LogP contribution in [0, 0.1) is 0 Å². The Morgan fingerprint density at radius 3 is 1.53 bits per heavy atom. The van der Waals surface area contributed by atoms with Crippen molar-refractivity contribution < 1.29 is 4.42 Å². The van der Waals surface area contributed by atoms with Gasteiger partial charge in [0.05, 0.1) is 0 Å². The number of hydrogen-bond acceptors (Lipinski definition) is 4. The van der Waals surface area contributed by atoms with Gasteiger partial charge in [-0.3, -0.25) is 0 Å². The van der Waals surface area contributed by atoms with Gasteiger partial charge in [-0.15, -0.1) is 11.3 Å². The van der Waals surface area contributed by atoms with E-state index in [1.165, 1.54) is 75.1 Å². The Labute approximate surface area is 373 Å². The topological polar surface area (TPSA) is 38.9 Å². The number of fused-ring (bicyclic) bond motifs is 8. The average Bonchev–Trinajstić information content (AvgIpc) is 3.95. The highest BCUT2D eigenvalue weighted by Gasteiger charge is 2.18. The van der Waals surface area contributed by atoms with Crippen molar-refractivity contribution in [1.29, 1.82) is 0 Å². The van der Waals surface area contributed by atoms with Crippen LogP contribution < -0.4 is 0 Å². The van der Waals surface area contributed by atoms with Gasteiger partial charge in [0, 0.05) is 31.1 Å². The maximum atomic E-state index is 6.58. The lowest BCUT2D eigenvalue weighted by Gasteiger charge is -2.09. The minimum atomic E-state index is 0.687. The van der Waals surface area contributed by atoms with Crippen LogP contribution in [-0.2, 0) is 0 Å².